The molecule has 3 N–H and O–H groups in total. The fourth-order valence-electron chi connectivity index (χ4n) is 4.34. The summed E-state index contributed by atoms with van der Waals surface area (Å²) in [5.41, 5.74) is 5.73. The summed E-state index contributed by atoms with van der Waals surface area (Å²) < 4.78 is 5.87. The molecular formula is C14H23NO3. The molecule has 3 saturated carbocycles. The first kappa shape index (κ1) is 12.4. The van der Waals surface area contributed by atoms with Crippen LogP contribution in [0.5, 0.6) is 0 Å². The Morgan fingerprint density at radius 2 is 1.94 bits per heavy atom. The van der Waals surface area contributed by atoms with E-state index in [1.54, 1.807) is 0 Å². The van der Waals surface area contributed by atoms with Crippen LogP contribution in [-0.4, -0.2) is 29.3 Å². The number of aliphatic carboxylic acids is 1. The molecule has 1 aliphatic heterocycles. The van der Waals surface area contributed by atoms with E-state index in [1.807, 2.05) is 0 Å². The maximum absolute atomic E-state index is 11.8. The van der Waals surface area contributed by atoms with E-state index in [-0.39, 0.29) is 17.6 Å². The van der Waals surface area contributed by atoms with Gasteiger partial charge in [-0.3, -0.25) is 4.79 Å². The molecule has 1 saturated heterocycles. The van der Waals surface area contributed by atoms with Gasteiger partial charge in [-0.25, -0.2) is 0 Å². The van der Waals surface area contributed by atoms with Crippen molar-refractivity contribution in [2.45, 2.75) is 63.0 Å². The van der Waals surface area contributed by atoms with Crippen LogP contribution in [0.2, 0.25) is 0 Å². The molecule has 1 heterocycles. The first-order valence-electron chi connectivity index (χ1n) is 7.20. The van der Waals surface area contributed by atoms with Gasteiger partial charge in [0.15, 0.2) is 0 Å². The summed E-state index contributed by atoms with van der Waals surface area (Å²) in [4.78, 5) is 11.8. The maximum Gasteiger partial charge on any atom is 0.310 e. The first-order valence-corrected chi connectivity index (χ1v) is 7.20. The van der Waals surface area contributed by atoms with Gasteiger partial charge in [0.1, 0.15) is 0 Å². The number of carboxylic acids is 1. The van der Waals surface area contributed by atoms with E-state index in [2.05, 4.69) is 0 Å². The Balaban J connectivity index is 1.87. The lowest BCUT2D eigenvalue weighted by Crippen LogP contribution is -2.62. The van der Waals surface area contributed by atoms with Gasteiger partial charge >= 0.3 is 5.97 Å². The molecule has 0 amide bonds. The van der Waals surface area contributed by atoms with E-state index in [1.165, 1.54) is 0 Å². The monoisotopic (exact) mass is 253 g/mol. The minimum Gasteiger partial charge on any atom is -0.481 e. The highest BCUT2D eigenvalue weighted by Crippen LogP contribution is 2.57. The van der Waals surface area contributed by atoms with Gasteiger partial charge in [-0.15, -0.1) is 0 Å². The van der Waals surface area contributed by atoms with Crippen LogP contribution in [0, 0.1) is 11.3 Å². The van der Waals surface area contributed by atoms with E-state index in [4.69, 9.17) is 10.5 Å². The molecule has 102 valence electrons. The van der Waals surface area contributed by atoms with Crippen LogP contribution >= 0.6 is 0 Å². The summed E-state index contributed by atoms with van der Waals surface area (Å²) in [5, 5.41) is 9.70. The van der Waals surface area contributed by atoms with Crippen molar-refractivity contribution in [3.05, 3.63) is 0 Å². The maximum atomic E-state index is 11.8. The highest BCUT2D eigenvalue weighted by molar-refractivity contribution is 5.76. The largest absolute Gasteiger partial charge is 0.481 e. The molecule has 0 radical (unpaired) electrons. The van der Waals surface area contributed by atoms with Gasteiger partial charge in [0, 0.05) is 18.1 Å². The van der Waals surface area contributed by atoms with E-state index in [9.17, 15) is 9.90 Å². The SMILES string of the molecule is NC12CCC(C(=O)O)(CC1)C(C1CCCCO1)C2. The molecule has 4 nitrogen and oxygen atoms in total. The molecule has 4 rings (SSSR count). The Labute approximate surface area is 108 Å². The first-order chi connectivity index (χ1) is 8.56. The molecule has 18 heavy (non-hydrogen) atoms. The molecule has 3 aliphatic carbocycles. The van der Waals surface area contributed by atoms with Crippen molar-refractivity contribution in [3.63, 3.8) is 0 Å². The summed E-state index contributed by atoms with van der Waals surface area (Å²) in [6.07, 6.45) is 7.45. The Hall–Kier alpha value is -0.610. The number of carboxylic acid groups (broad SMARTS) is 1. The molecular weight excluding hydrogens is 230 g/mol. The highest BCUT2D eigenvalue weighted by atomic mass is 16.5. The number of rotatable bonds is 2. The molecule has 2 bridgehead atoms. The minimum absolute atomic E-state index is 0.122. The van der Waals surface area contributed by atoms with Crippen molar-refractivity contribution in [2.75, 3.05) is 6.61 Å². The van der Waals surface area contributed by atoms with Gasteiger partial charge < -0.3 is 15.6 Å². The summed E-state index contributed by atoms with van der Waals surface area (Å²) >= 11 is 0. The lowest BCUT2D eigenvalue weighted by Gasteiger charge is -2.56. The van der Waals surface area contributed by atoms with Gasteiger partial charge in [0.2, 0.25) is 0 Å². The molecule has 0 aromatic rings. The van der Waals surface area contributed by atoms with Gasteiger partial charge in [-0.2, -0.15) is 0 Å². The molecule has 4 heteroatoms. The zero-order valence-corrected chi connectivity index (χ0v) is 10.9. The zero-order valence-electron chi connectivity index (χ0n) is 10.9. The van der Waals surface area contributed by atoms with Gasteiger partial charge in [0.05, 0.1) is 11.5 Å². The topological polar surface area (TPSA) is 72.6 Å². The van der Waals surface area contributed by atoms with Gasteiger partial charge in [-0.05, 0) is 51.4 Å². The number of nitrogens with two attached hydrogens (primary N) is 1. The summed E-state index contributed by atoms with van der Waals surface area (Å²) in [5.74, 6) is -0.494. The van der Waals surface area contributed by atoms with Crippen LogP contribution in [0.1, 0.15) is 51.4 Å². The predicted molar refractivity (Wildman–Crippen MR) is 67.2 cm³/mol. The molecule has 0 spiro atoms. The number of hydrogen-bond acceptors (Lipinski definition) is 3. The second-order valence-corrected chi connectivity index (χ2v) is 6.54. The average Bonchev–Trinajstić information content (AvgIpc) is 2.40. The summed E-state index contributed by atoms with van der Waals surface area (Å²) in [6, 6.07) is 0. The molecule has 0 aromatic carbocycles. The van der Waals surface area contributed by atoms with Crippen molar-refractivity contribution in [3.8, 4) is 0 Å². The molecule has 2 atom stereocenters. The van der Waals surface area contributed by atoms with E-state index >= 15 is 0 Å². The standard InChI is InChI=1S/C14H23NO3/c15-13-4-6-14(7-5-13,12(16)17)10(9-13)11-3-1-2-8-18-11/h10-11H,1-9,15H2,(H,16,17). The van der Waals surface area contributed by atoms with E-state index < -0.39 is 11.4 Å². The average molecular weight is 253 g/mol. The second-order valence-electron chi connectivity index (χ2n) is 6.54. The number of ether oxygens (including phenoxy) is 1. The normalized spacial score (nSPS) is 48.1. The smallest absolute Gasteiger partial charge is 0.310 e. The van der Waals surface area contributed by atoms with E-state index in [0.29, 0.717) is 0 Å². The predicted octanol–water partition coefficient (Wildman–Crippen LogP) is 1.92. The third-order valence-corrected chi connectivity index (χ3v) is 5.56. The van der Waals surface area contributed by atoms with Crippen LogP contribution in [0.15, 0.2) is 0 Å². The molecule has 4 fully saturated rings. The van der Waals surface area contributed by atoms with Crippen LogP contribution in [0.4, 0.5) is 0 Å². The van der Waals surface area contributed by atoms with Crippen LogP contribution in [0.3, 0.4) is 0 Å². The molecule has 4 aliphatic rings. The quantitative estimate of drug-likeness (QED) is 0.788. The third kappa shape index (κ3) is 1.77. The lowest BCUT2D eigenvalue weighted by molar-refractivity contribution is -0.176. The fourth-order valence-corrected chi connectivity index (χ4v) is 4.34. The van der Waals surface area contributed by atoms with Crippen molar-refractivity contribution in [1.29, 1.82) is 0 Å². The zero-order chi connectivity index (χ0) is 12.8. The van der Waals surface area contributed by atoms with Crippen molar-refractivity contribution >= 4 is 5.97 Å². The molecule has 0 aromatic heterocycles. The van der Waals surface area contributed by atoms with Crippen molar-refractivity contribution < 1.29 is 14.6 Å². The minimum atomic E-state index is -0.622. The number of fused-ring (bicyclic) bond motifs is 3. The number of carbonyl (C=O) groups is 1. The van der Waals surface area contributed by atoms with E-state index in [0.717, 1.165) is 58.0 Å². The Bertz CT molecular complexity index is 341. The highest BCUT2D eigenvalue weighted by Gasteiger charge is 2.59. The molecule has 2 unspecified atom stereocenters. The van der Waals surface area contributed by atoms with Gasteiger partial charge in [0.25, 0.3) is 0 Å². The fraction of sp³-hybridized carbons (Fsp3) is 0.929. The second kappa shape index (κ2) is 4.20. The Morgan fingerprint density at radius 1 is 1.22 bits per heavy atom. The third-order valence-electron chi connectivity index (χ3n) is 5.56. The Morgan fingerprint density at radius 3 is 2.50 bits per heavy atom. The van der Waals surface area contributed by atoms with Crippen molar-refractivity contribution in [1.82, 2.24) is 0 Å². The lowest BCUT2D eigenvalue weighted by atomic mass is 9.50. The van der Waals surface area contributed by atoms with Crippen LogP contribution < -0.4 is 5.73 Å². The summed E-state index contributed by atoms with van der Waals surface area (Å²) in [7, 11) is 0. The number of hydrogen-bond donors (Lipinski definition) is 2. The summed E-state index contributed by atoms with van der Waals surface area (Å²) in [6.45, 7) is 0.786. The van der Waals surface area contributed by atoms with Gasteiger partial charge in [-0.1, -0.05) is 0 Å². The van der Waals surface area contributed by atoms with Crippen LogP contribution in [-0.2, 0) is 9.53 Å². The van der Waals surface area contributed by atoms with Crippen LogP contribution in [0.25, 0.3) is 0 Å². The Kier molecular flexibility index (Phi) is 2.90. The van der Waals surface area contributed by atoms with Crippen molar-refractivity contribution in [2.24, 2.45) is 17.1 Å².